The van der Waals surface area contributed by atoms with Gasteiger partial charge in [0.25, 0.3) is 0 Å². The third-order valence-electron chi connectivity index (χ3n) is 1.54. The van der Waals surface area contributed by atoms with Gasteiger partial charge in [0.1, 0.15) is 3.70 Å². The van der Waals surface area contributed by atoms with Crippen molar-refractivity contribution in [2.24, 2.45) is 0 Å². The number of halogens is 1. The summed E-state index contributed by atoms with van der Waals surface area (Å²) in [5, 5.41) is 0. The molecule has 3 heteroatoms. The Morgan fingerprint density at radius 1 is 1.60 bits per heavy atom. The van der Waals surface area contributed by atoms with Crippen molar-refractivity contribution in [1.82, 2.24) is 9.55 Å². The van der Waals surface area contributed by atoms with Gasteiger partial charge < -0.3 is 4.57 Å². The van der Waals surface area contributed by atoms with E-state index < -0.39 is 0 Å². The number of nitrogens with zero attached hydrogens (tertiary/aromatic N) is 2. The molecule has 0 spiro atoms. The Labute approximate surface area is 74.8 Å². The molecule has 0 aliphatic heterocycles. The zero-order valence-corrected chi connectivity index (χ0v) is 8.58. The lowest BCUT2D eigenvalue weighted by Crippen LogP contribution is -2.00. The largest absolute Gasteiger partial charge is 0.331 e. The van der Waals surface area contributed by atoms with Crippen LogP contribution < -0.4 is 0 Å². The second-order valence-electron chi connectivity index (χ2n) is 2.62. The topological polar surface area (TPSA) is 17.8 Å². The van der Waals surface area contributed by atoms with Crippen LogP contribution in [0.25, 0.3) is 0 Å². The average Bonchev–Trinajstić information content (AvgIpc) is 2.14. The Kier molecular flexibility index (Phi) is 2.33. The number of aromatic nitrogens is 2. The van der Waals surface area contributed by atoms with Crippen molar-refractivity contribution in [3.8, 4) is 0 Å². The first-order valence-electron chi connectivity index (χ1n) is 3.32. The third-order valence-corrected chi connectivity index (χ3v) is 2.60. The normalized spacial score (nSPS) is 10.9. The Balaban J connectivity index is 3.05. The molecule has 0 saturated carbocycles. The standard InChI is InChI=1S/C7H11IN2/c1-5(2)10-4-9-7(8)6(10)3/h4-5H,1-3H3. The van der Waals surface area contributed by atoms with Crippen LogP contribution in [0, 0.1) is 10.6 Å². The Morgan fingerprint density at radius 2 is 2.20 bits per heavy atom. The van der Waals surface area contributed by atoms with Crippen molar-refractivity contribution in [3.63, 3.8) is 0 Å². The summed E-state index contributed by atoms with van der Waals surface area (Å²) < 4.78 is 3.27. The maximum Gasteiger partial charge on any atom is 0.122 e. The first kappa shape index (κ1) is 8.04. The monoisotopic (exact) mass is 250 g/mol. The van der Waals surface area contributed by atoms with Gasteiger partial charge >= 0.3 is 0 Å². The Hall–Kier alpha value is -0.0600. The quantitative estimate of drug-likeness (QED) is 0.699. The molecule has 1 heterocycles. The summed E-state index contributed by atoms with van der Waals surface area (Å²) in [5.41, 5.74) is 1.26. The molecule has 0 fully saturated rings. The van der Waals surface area contributed by atoms with Gasteiger partial charge in [-0.05, 0) is 43.4 Å². The van der Waals surface area contributed by atoms with Gasteiger partial charge in [0.15, 0.2) is 0 Å². The van der Waals surface area contributed by atoms with Crippen molar-refractivity contribution in [3.05, 3.63) is 15.7 Å². The Morgan fingerprint density at radius 3 is 2.40 bits per heavy atom. The highest BCUT2D eigenvalue weighted by Crippen LogP contribution is 2.13. The fourth-order valence-corrected chi connectivity index (χ4v) is 1.32. The van der Waals surface area contributed by atoms with Gasteiger partial charge in [-0.1, -0.05) is 0 Å². The van der Waals surface area contributed by atoms with E-state index in [1.54, 1.807) is 0 Å². The maximum atomic E-state index is 4.19. The fraction of sp³-hybridized carbons (Fsp3) is 0.571. The lowest BCUT2D eigenvalue weighted by atomic mass is 10.4. The summed E-state index contributed by atoms with van der Waals surface area (Å²) in [6.07, 6.45) is 1.89. The molecule has 1 rings (SSSR count). The maximum absolute atomic E-state index is 4.19. The highest BCUT2D eigenvalue weighted by molar-refractivity contribution is 14.1. The summed E-state index contributed by atoms with van der Waals surface area (Å²) in [7, 11) is 0. The van der Waals surface area contributed by atoms with Gasteiger partial charge in [0, 0.05) is 11.7 Å². The molecule has 1 aromatic rings. The van der Waals surface area contributed by atoms with Crippen LogP contribution in [0.4, 0.5) is 0 Å². The third kappa shape index (κ3) is 1.33. The van der Waals surface area contributed by atoms with Crippen LogP contribution in [0.2, 0.25) is 0 Å². The first-order valence-corrected chi connectivity index (χ1v) is 4.39. The van der Waals surface area contributed by atoms with Crippen LogP contribution in [0.15, 0.2) is 6.33 Å². The van der Waals surface area contributed by atoms with Crippen molar-refractivity contribution in [2.45, 2.75) is 26.8 Å². The Bertz CT molecular complexity index is 228. The van der Waals surface area contributed by atoms with Crippen LogP contribution in [-0.2, 0) is 0 Å². The van der Waals surface area contributed by atoms with Crippen molar-refractivity contribution >= 4 is 22.6 Å². The minimum atomic E-state index is 0.524. The number of rotatable bonds is 1. The molecule has 0 N–H and O–H groups in total. The molecule has 0 bridgehead atoms. The predicted octanol–water partition coefficient (Wildman–Crippen LogP) is 2.38. The zero-order valence-electron chi connectivity index (χ0n) is 6.43. The lowest BCUT2D eigenvalue weighted by Gasteiger charge is -2.07. The summed E-state index contributed by atoms with van der Waals surface area (Å²) in [5.74, 6) is 0. The van der Waals surface area contributed by atoms with E-state index in [9.17, 15) is 0 Å². The second-order valence-corrected chi connectivity index (χ2v) is 3.64. The molecule has 0 aromatic carbocycles. The molecule has 0 aliphatic carbocycles. The minimum absolute atomic E-state index is 0.524. The molecule has 0 radical (unpaired) electrons. The van der Waals surface area contributed by atoms with Gasteiger partial charge in [0.05, 0.1) is 6.33 Å². The number of hydrogen-bond acceptors (Lipinski definition) is 1. The van der Waals surface area contributed by atoms with E-state index in [1.165, 1.54) is 5.69 Å². The van der Waals surface area contributed by atoms with Gasteiger partial charge in [0.2, 0.25) is 0 Å². The minimum Gasteiger partial charge on any atom is -0.331 e. The zero-order chi connectivity index (χ0) is 7.72. The van der Waals surface area contributed by atoms with E-state index in [-0.39, 0.29) is 0 Å². The van der Waals surface area contributed by atoms with Gasteiger partial charge in [-0.15, -0.1) is 0 Å². The van der Waals surface area contributed by atoms with Crippen LogP contribution in [0.3, 0.4) is 0 Å². The molecule has 10 heavy (non-hydrogen) atoms. The van der Waals surface area contributed by atoms with Crippen LogP contribution in [-0.4, -0.2) is 9.55 Å². The molecule has 0 saturated heterocycles. The molecule has 1 aromatic heterocycles. The highest BCUT2D eigenvalue weighted by Gasteiger charge is 2.04. The first-order chi connectivity index (χ1) is 4.63. The predicted molar refractivity (Wildman–Crippen MR) is 50.1 cm³/mol. The van der Waals surface area contributed by atoms with E-state index in [0.717, 1.165) is 3.70 Å². The molecule has 56 valence electrons. The van der Waals surface area contributed by atoms with Crippen LogP contribution in [0.1, 0.15) is 25.6 Å². The molecule has 0 amide bonds. The summed E-state index contributed by atoms with van der Waals surface area (Å²) in [6.45, 7) is 6.41. The van der Waals surface area contributed by atoms with E-state index in [4.69, 9.17) is 0 Å². The molecule has 2 nitrogen and oxygen atoms in total. The van der Waals surface area contributed by atoms with E-state index in [2.05, 4.69) is 52.9 Å². The van der Waals surface area contributed by atoms with E-state index in [0.29, 0.717) is 6.04 Å². The molecular formula is C7H11IN2. The van der Waals surface area contributed by atoms with Crippen molar-refractivity contribution in [2.75, 3.05) is 0 Å². The smallest absolute Gasteiger partial charge is 0.122 e. The molecule has 0 unspecified atom stereocenters. The van der Waals surface area contributed by atoms with Gasteiger partial charge in [-0.2, -0.15) is 0 Å². The van der Waals surface area contributed by atoms with Gasteiger partial charge in [-0.3, -0.25) is 0 Å². The van der Waals surface area contributed by atoms with Crippen molar-refractivity contribution < 1.29 is 0 Å². The molecule has 0 aliphatic rings. The van der Waals surface area contributed by atoms with E-state index >= 15 is 0 Å². The van der Waals surface area contributed by atoms with Crippen LogP contribution >= 0.6 is 22.6 Å². The molecule has 0 atom stereocenters. The number of hydrogen-bond donors (Lipinski definition) is 0. The fourth-order valence-electron chi connectivity index (χ4n) is 0.920. The van der Waals surface area contributed by atoms with E-state index in [1.807, 2.05) is 6.33 Å². The summed E-state index contributed by atoms with van der Waals surface area (Å²) in [6, 6.07) is 0.524. The summed E-state index contributed by atoms with van der Waals surface area (Å²) in [4.78, 5) is 4.19. The van der Waals surface area contributed by atoms with Crippen LogP contribution in [0.5, 0.6) is 0 Å². The SMILES string of the molecule is Cc1c(I)ncn1C(C)C. The average molecular weight is 250 g/mol. The van der Waals surface area contributed by atoms with Gasteiger partial charge in [-0.25, -0.2) is 4.98 Å². The number of imidazole rings is 1. The highest BCUT2D eigenvalue weighted by atomic mass is 127. The second kappa shape index (κ2) is 2.90. The summed E-state index contributed by atoms with van der Waals surface area (Å²) >= 11 is 2.25. The molecular weight excluding hydrogens is 239 g/mol. The van der Waals surface area contributed by atoms with Crippen molar-refractivity contribution in [1.29, 1.82) is 0 Å². The lowest BCUT2D eigenvalue weighted by molar-refractivity contribution is 0.585.